The van der Waals surface area contributed by atoms with E-state index in [0.717, 1.165) is 17.7 Å². The van der Waals surface area contributed by atoms with Crippen LogP contribution >= 0.6 is 0 Å². The third-order valence-electron chi connectivity index (χ3n) is 3.00. The van der Waals surface area contributed by atoms with Crippen molar-refractivity contribution in [2.24, 2.45) is 5.92 Å². The van der Waals surface area contributed by atoms with E-state index in [1.807, 2.05) is 19.9 Å². The first-order valence-corrected chi connectivity index (χ1v) is 5.60. The maximum Gasteiger partial charge on any atom is 0.132 e. The van der Waals surface area contributed by atoms with Crippen LogP contribution in [0.25, 0.3) is 0 Å². The first-order chi connectivity index (χ1) is 7.45. The van der Waals surface area contributed by atoms with Gasteiger partial charge >= 0.3 is 0 Å². The van der Waals surface area contributed by atoms with Gasteiger partial charge in [-0.3, -0.25) is 4.79 Å². The Labute approximate surface area is 97.6 Å². The zero-order valence-corrected chi connectivity index (χ0v) is 10.8. The van der Waals surface area contributed by atoms with Crippen LogP contribution in [0.5, 0.6) is 5.75 Å². The minimum absolute atomic E-state index is 0.0512. The molecule has 1 aromatic rings. The average molecular weight is 220 g/mol. The fourth-order valence-corrected chi connectivity index (χ4v) is 1.85. The normalized spacial score (nSPS) is 12.3. The van der Waals surface area contributed by atoms with E-state index in [-0.39, 0.29) is 11.7 Å². The van der Waals surface area contributed by atoms with Gasteiger partial charge in [-0.1, -0.05) is 13.0 Å². The van der Waals surface area contributed by atoms with Gasteiger partial charge in [0.2, 0.25) is 0 Å². The van der Waals surface area contributed by atoms with Crippen molar-refractivity contribution < 1.29 is 9.53 Å². The summed E-state index contributed by atoms with van der Waals surface area (Å²) in [7, 11) is 1.68. The fraction of sp³-hybridized carbons (Fsp3) is 0.500. The molecule has 88 valence electrons. The Kier molecular flexibility index (Phi) is 4.11. The van der Waals surface area contributed by atoms with Crippen LogP contribution in [0.1, 0.15) is 30.5 Å². The van der Waals surface area contributed by atoms with Crippen molar-refractivity contribution in [2.75, 3.05) is 7.11 Å². The molecule has 0 radical (unpaired) electrons. The SMILES string of the molecule is COc1cc(C)cc(C)c1CC(C)C(C)=O. The molecular weight excluding hydrogens is 200 g/mol. The van der Waals surface area contributed by atoms with Gasteiger partial charge in [-0.15, -0.1) is 0 Å². The molecule has 0 saturated heterocycles. The molecule has 0 amide bonds. The Balaban J connectivity index is 3.07. The molecule has 2 nitrogen and oxygen atoms in total. The maximum atomic E-state index is 11.3. The van der Waals surface area contributed by atoms with Crippen molar-refractivity contribution in [3.63, 3.8) is 0 Å². The highest BCUT2D eigenvalue weighted by molar-refractivity contribution is 5.78. The minimum atomic E-state index is 0.0512. The quantitative estimate of drug-likeness (QED) is 0.779. The molecule has 2 heteroatoms. The van der Waals surface area contributed by atoms with Crippen molar-refractivity contribution >= 4 is 5.78 Å². The van der Waals surface area contributed by atoms with Crippen LogP contribution < -0.4 is 4.74 Å². The third kappa shape index (κ3) is 2.84. The summed E-state index contributed by atoms with van der Waals surface area (Å²) >= 11 is 0. The van der Waals surface area contributed by atoms with Crippen LogP contribution in [-0.2, 0) is 11.2 Å². The first-order valence-electron chi connectivity index (χ1n) is 5.60. The van der Waals surface area contributed by atoms with Crippen molar-refractivity contribution in [1.29, 1.82) is 0 Å². The number of ketones is 1. The number of hydrogen-bond acceptors (Lipinski definition) is 2. The van der Waals surface area contributed by atoms with Gasteiger partial charge in [0.25, 0.3) is 0 Å². The van der Waals surface area contributed by atoms with Gasteiger partial charge in [-0.2, -0.15) is 0 Å². The summed E-state index contributed by atoms with van der Waals surface area (Å²) in [5, 5.41) is 0. The second-order valence-corrected chi connectivity index (χ2v) is 4.48. The van der Waals surface area contributed by atoms with Gasteiger partial charge in [0.1, 0.15) is 11.5 Å². The van der Waals surface area contributed by atoms with E-state index in [2.05, 4.69) is 13.0 Å². The lowest BCUT2D eigenvalue weighted by atomic mass is 9.93. The Bertz CT molecular complexity index is 394. The molecule has 16 heavy (non-hydrogen) atoms. The third-order valence-corrected chi connectivity index (χ3v) is 3.00. The average Bonchev–Trinajstić information content (AvgIpc) is 2.21. The first kappa shape index (κ1) is 12.8. The Morgan fingerprint density at radius 2 is 2.00 bits per heavy atom. The van der Waals surface area contributed by atoms with Crippen LogP contribution in [0.2, 0.25) is 0 Å². The Morgan fingerprint density at radius 3 is 2.50 bits per heavy atom. The topological polar surface area (TPSA) is 26.3 Å². The number of carbonyl (C=O) groups excluding carboxylic acids is 1. The van der Waals surface area contributed by atoms with Crippen LogP contribution in [-0.4, -0.2) is 12.9 Å². The molecule has 0 fully saturated rings. The van der Waals surface area contributed by atoms with Gasteiger partial charge < -0.3 is 4.74 Å². The van der Waals surface area contributed by atoms with Gasteiger partial charge in [-0.05, 0) is 49.9 Å². The number of ether oxygens (including phenoxy) is 1. The molecule has 1 unspecified atom stereocenters. The Hall–Kier alpha value is -1.31. The second kappa shape index (κ2) is 5.15. The summed E-state index contributed by atoms with van der Waals surface area (Å²) in [5.41, 5.74) is 3.54. The van der Waals surface area contributed by atoms with E-state index in [4.69, 9.17) is 4.74 Å². The predicted octanol–water partition coefficient (Wildman–Crippen LogP) is 3.08. The molecule has 1 rings (SSSR count). The van der Waals surface area contributed by atoms with Crippen LogP contribution in [0.15, 0.2) is 12.1 Å². The number of methoxy groups -OCH3 is 1. The lowest BCUT2D eigenvalue weighted by Gasteiger charge is -2.15. The molecule has 1 aromatic carbocycles. The molecule has 0 aromatic heterocycles. The van der Waals surface area contributed by atoms with Crippen LogP contribution in [0, 0.1) is 19.8 Å². The number of Topliss-reactive ketones (excluding diaryl/α,β-unsaturated/α-hetero) is 1. The maximum absolute atomic E-state index is 11.3. The molecule has 0 heterocycles. The van der Waals surface area contributed by atoms with E-state index in [1.54, 1.807) is 14.0 Å². The second-order valence-electron chi connectivity index (χ2n) is 4.48. The van der Waals surface area contributed by atoms with Gasteiger partial charge in [-0.25, -0.2) is 0 Å². The summed E-state index contributed by atoms with van der Waals surface area (Å²) in [6, 6.07) is 4.15. The number of benzene rings is 1. The fourth-order valence-electron chi connectivity index (χ4n) is 1.85. The monoisotopic (exact) mass is 220 g/mol. The smallest absolute Gasteiger partial charge is 0.132 e. The highest BCUT2D eigenvalue weighted by Gasteiger charge is 2.14. The molecule has 0 aliphatic rings. The lowest BCUT2D eigenvalue weighted by Crippen LogP contribution is -2.11. The largest absolute Gasteiger partial charge is 0.496 e. The highest BCUT2D eigenvalue weighted by Crippen LogP contribution is 2.26. The summed E-state index contributed by atoms with van der Waals surface area (Å²) in [6.45, 7) is 7.72. The molecule has 1 atom stereocenters. The zero-order valence-electron chi connectivity index (χ0n) is 10.8. The van der Waals surface area contributed by atoms with Gasteiger partial charge in [0.05, 0.1) is 7.11 Å². The molecule has 0 aliphatic carbocycles. The Morgan fingerprint density at radius 1 is 1.38 bits per heavy atom. The molecule has 0 N–H and O–H groups in total. The van der Waals surface area contributed by atoms with Crippen molar-refractivity contribution in [2.45, 2.75) is 34.1 Å². The van der Waals surface area contributed by atoms with Gasteiger partial charge in [0.15, 0.2) is 0 Å². The molecule has 0 aliphatic heterocycles. The molecular formula is C14H20O2. The number of aryl methyl sites for hydroxylation is 2. The van der Waals surface area contributed by atoms with Crippen LogP contribution in [0.4, 0.5) is 0 Å². The summed E-state index contributed by atoms with van der Waals surface area (Å²) < 4.78 is 5.38. The van der Waals surface area contributed by atoms with Crippen molar-refractivity contribution in [1.82, 2.24) is 0 Å². The zero-order chi connectivity index (χ0) is 12.3. The van der Waals surface area contributed by atoms with E-state index in [0.29, 0.717) is 0 Å². The molecule has 0 spiro atoms. The van der Waals surface area contributed by atoms with Crippen LogP contribution in [0.3, 0.4) is 0 Å². The summed E-state index contributed by atoms with van der Waals surface area (Å²) in [5.74, 6) is 1.17. The minimum Gasteiger partial charge on any atom is -0.496 e. The predicted molar refractivity (Wildman–Crippen MR) is 66.0 cm³/mol. The highest BCUT2D eigenvalue weighted by atomic mass is 16.5. The van der Waals surface area contributed by atoms with Gasteiger partial charge in [0, 0.05) is 5.92 Å². The summed E-state index contributed by atoms with van der Waals surface area (Å²) in [4.78, 5) is 11.3. The molecule has 0 bridgehead atoms. The lowest BCUT2D eigenvalue weighted by molar-refractivity contribution is -0.120. The van der Waals surface area contributed by atoms with E-state index >= 15 is 0 Å². The summed E-state index contributed by atoms with van der Waals surface area (Å²) in [6.07, 6.45) is 0.755. The van der Waals surface area contributed by atoms with Crippen molar-refractivity contribution in [3.8, 4) is 5.75 Å². The number of rotatable bonds is 4. The van der Waals surface area contributed by atoms with E-state index in [1.165, 1.54) is 11.1 Å². The molecule has 0 saturated carbocycles. The number of carbonyl (C=O) groups is 1. The number of hydrogen-bond donors (Lipinski definition) is 0. The standard InChI is InChI=1S/C14H20O2/c1-9-6-11(3)13(14(7-9)16-5)8-10(2)12(4)15/h6-7,10H,8H2,1-5H3. The van der Waals surface area contributed by atoms with Crippen molar-refractivity contribution in [3.05, 3.63) is 28.8 Å². The van der Waals surface area contributed by atoms with E-state index in [9.17, 15) is 4.79 Å². The van der Waals surface area contributed by atoms with E-state index < -0.39 is 0 Å².